The first kappa shape index (κ1) is 15.9. The lowest BCUT2D eigenvalue weighted by molar-refractivity contribution is 0.605. The molecule has 0 bridgehead atoms. The normalized spacial score (nSPS) is 11.6. The molecule has 3 rings (SSSR count). The standard InChI is InChI=1S/C17H17FN4O2/c1-3-21-15-14(16(23)22(4-2)17(21)24)19-13(20-15)9-8-11-6-5-7-12(18)10-11/h5-10H,3-4H2,1-2H3,(H,19,20). The number of rotatable bonds is 4. The van der Waals surface area contributed by atoms with Crippen molar-refractivity contribution in [3.63, 3.8) is 0 Å². The number of imidazole rings is 1. The summed E-state index contributed by atoms with van der Waals surface area (Å²) in [6, 6.07) is 6.13. The molecule has 1 aromatic carbocycles. The van der Waals surface area contributed by atoms with E-state index in [1.165, 1.54) is 21.3 Å². The second kappa shape index (κ2) is 6.27. The van der Waals surface area contributed by atoms with E-state index in [-0.39, 0.29) is 22.6 Å². The van der Waals surface area contributed by atoms with Gasteiger partial charge in [-0.05, 0) is 37.6 Å². The van der Waals surface area contributed by atoms with Crippen molar-refractivity contribution in [2.75, 3.05) is 0 Å². The minimum absolute atomic E-state index is 0.289. The molecule has 0 aliphatic heterocycles. The highest BCUT2D eigenvalue weighted by molar-refractivity contribution is 5.75. The largest absolute Gasteiger partial charge is 0.333 e. The second-order valence-electron chi connectivity index (χ2n) is 5.29. The first-order chi connectivity index (χ1) is 11.5. The van der Waals surface area contributed by atoms with Gasteiger partial charge in [0.2, 0.25) is 0 Å². The van der Waals surface area contributed by atoms with Crippen LogP contribution in [0.3, 0.4) is 0 Å². The summed E-state index contributed by atoms with van der Waals surface area (Å²) in [7, 11) is 0. The summed E-state index contributed by atoms with van der Waals surface area (Å²) in [5, 5.41) is 0. The molecule has 0 radical (unpaired) electrons. The molecule has 0 aliphatic carbocycles. The maximum Gasteiger partial charge on any atom is 0.332 e. The van der Waals surface area contributed by atoms with E-state index >= 15 is 0 Å². The van der Waals surface area contributed by atoms with Crippen molar-refractivity contribution >= 4 is 23.3 Å². The molecular formula is C17H17FN4O2. The van der Waals surface area contributed by atoms with Gasteiger partial charge in [-0.1, -0.05) is 18.2 Å². The summed E-state index contributed by atoms with van der Waals surface area (Å²) in [6.45, 7) is 4.27. The average molecular weight is 328 g/mol. The number of aryl methyl sites for hydroxylation is 1. The van der Waals surface area contributed by atoms with Gasteiger partial charge in [0.05, 0.1) is 0 Å². The van der Waals surface area contributed by atoms with Gasteiger partial charge in [0.15, 0.2) is 5.65 Å². The molecule has 0 spiro atoms. The Kier molecular flexibility index (Phi) is 4.16. The quantitative estimate of drug-likeness (QED) is 0.798. The Morgan fingerprint density at radius 1 is 1.17 bits per heavy atom. The summed E-state index contributed by atoms with van der Waals surface area (Å²) in [4.78, 5) is 32.0. The number of hydrogen-bond donors (Lipinski definition) is 1. The molecule has 124 valence electrons. The molecule has 1 N–H and O–H groups in total. The molecule has 24 heavy (non-hydrogen) atoms. The number of benzene rings is 1. The summed E-state index contributed by atoms with van der Waals surface area (Å²) < 4.78 is 15.8. The van der Waals surface area contributed by atoms with Gasteiger partial charge in [-0.15, -0.1) is 0 Å². The average Bonchev–Trinajstić information content (AvgIpc) is 2.98. The van der Waals surface area contributed by atoms with Gasteiger partial charge in [0.1, 0.15) is 17.2 Å². The van der Waals surface area contributed by atoms with E-state index in [0.29, 0.717) is 30.1 Å². The monoisotopic (exact) mass is 328 g/mol. The molecule has 0 aliphatic rings. The van der Waals surface area contributed by atoms with E-state index in [2.05, 4.69) is 9.97 Å². The summed E-state index contributed by atoms with van der Waals surface area (Å²) >= 11 is 0. The number of nitrogens with zero attached hydrogens (tertiary/aromatic N) is 3. The third-order valence-electron chi connectivity index (χ3n) is 3.79. The Morgan fingerprint density at radius 3 is 2.58 bits per heavy atom. The van der Waals surface area contributed by atoms with Crippen LogP contribution in [-0.4, -0.2) is 19.1 Å². The van der Waals surface area contributed by atoms with Crippen molar-refractivity contribution in [2.24, 2.45) is 0 Å². The smallest absolute Gasteiger partial charge is 0.332 e. The van der Waals surface area contributed by atoms with Crippen LogP contribution >= 0.6 is 0 Å². The zero-order valence-corrected chi connectivity index (χ0v) is 13.4. The Bertz CT molecular complexity index is 1040. The third kappa shape index (κ3) is 2.68. The van der Waals surface area contributed by atoms with Gasteiger partial charge >= 0.3 is 5.69 Å². The second-order valence-corrected chi connectivity index (χ2v) is 5.29. The Labute approximate surface area is 136 Å². The third-order valence-corrected chi connectivity index (χ3v) is 3.79. The Hall–Kier alpha value is -2.96. The lowest BCUT2D eigenvalue weighted by Crippen LogP contribution is -2.39. The van der Waals surface area contributed by atoms with Crippen LogP contribution in [0.2, 0.25) is 0 Å². The molecule has 0 saturated heterocycles. The fourth-order valence-corrected chi connectivity index (χ4v) is 2.61. The van der Waals surface area contributed by atoms with E-state index in [9.17, 15) is 14.0 Å². The van der Waals surface area contributed by atoms with Crippen LogP contribution in [0.25, 0.3) is 23.3 Å². The molecular weight excluding hydrogens is 311 g/mol. The van der Waals surface area contributed by atoms with Gasteiger partial charge in [-0.2, -0.15) is 0 Å². The van der Waals surface area contributed by atoms with Crippen LogP contribution in [0.1, 0.15) is 25.2 Å². The number of halogens is 1. The first-order valence-corrected chi connectivity index (χ1v) is 7.72. The van der Waals surface area contributed by atoms with Crippen LogP contribution in [-0.2, 0) is 13.1 Å². The summed E-state index contributed by atoms with van der Waals surface area (Å²) in [6.07, 6.45) is 3.34. The van der Waals surface area contributed by atoms with Crippen molar-refractivity contribution in [1.29, 1.82) is 0 Å². The van der Waals surface area contributed by atoms with Crippen molar-refractivity contribution in [3.8, 4) is 0 Å². The van der Waals surface area contributed by atoms with E-state index in [4.69, 9.17) is 0 Å². The highest BCUT2D eigenvalue weighted by atomic mass is 19.1. The molecule has 0 amide bonds. The summed E-state index contributed by atoms with van der Waals surface area (Å²) in [5.74, 6) is 0.106. The minimum atomic E-state index is -0.389. The minimum Gasteiger partial charge on any atom is -0.333 e. The fraction of sp³-hybridized carbons (Fsp3) is 0.235. The molecule has 3 aromatic rings. The molecule has 7 heteroatoms. The molecule has 2 aromatic heterocycles. The molecule has 0 fully saturated rings. The first-order valence-electron chi connectivity index (χ1n) is 7.72. The van der Waals surface area contributed by atoms with Crippen LogP contribution in [0, 0.1) is 5.82 Å². The number of aromatic amines is 1. The van der Waals surface area contributed by atoms with Gasteiger partial charge in [-0.25, -0.2) is 14.2 Å². The highest BCUT2D eigenvalue weighted by Crippen LogP contribution is 2.11. The number of hydrogen-bond acceptors (Lipinski definition) is 3. The highest BCUT2D eigenvalue weighted by Gasteiger charge is 2.14. The van der Waals surface area contributed by atoms with Crippen molar-refractivity contribution < 1.29 is 4.39 Å². The van der Waals surface area contributed by atoms with E-state index in [1.54, 1.807) is 31.2 Å². The predicted octanol–water partition coefficient (Wildman–Crippen LogP) is 2.24. The van der Waals surface area contributed by atoms with Crippen LogP contribution in [0.15, 0.2) is 33.9 Å². The van der Waals surface area contributed by atoms with Crippen LogP contribution < -0.4 is 11.2 Å². The number of nitrogens with one attached hydrogen (secondary N) is 1. The molecule has 6 nitrogen and oxygen atoms in total. The van der Waals surface area contributed by atoms with E-state index in [0.717, 1.165) is 0 Å². The topological polar surface area (TPSA) is 72.7 Å². The van der Waals surface area contributed by atoms with Crippen molar-refractivity contribution in [1.82, 2.24) is 19.1 Å². The zero-order valence-electron chi connectivity index (χ0n) is 13.4. The van der Waals surface area contributed by atoms with E-state index in [1.807, 2.05) is 6.92 Å². The lowest BCUT2D eigenvalue weighted by Gasteiger charge is -2.06. The van der Waals surface area contributed by atoms with E-state index < -0.39 is 0 Å². The van der Waals surface area contributed by atoms with Gasteiger partial charge < -0.3 is 4.98 Å². The number of fused-ring (bicyclic) bond motifs is 1. The molecule has 0 unspecified atom stereocenters. The number of aromatic nitrogens is 4. The molecule has 0 saturated carbocycles. The molecule has 2 heterocycles. The van der Waals surface area contributed by atoms with Crippen LogP contribution in [0.5, 0.6) is 0 Å². The van der Waals surface area contributed by atoms with Gasteiger partial charge in [0, 0.05) is 13.1 Å². The fourth-order valence-electron chi connectivity index (χ4n) is 2.61. The summed E-state index contributed by atoms with van der Waals surface area (Å²) in [5.41, 5.74) is 0.535. The van der Waals surface area contributed by atoms with Crippen molar-refractivity contribution in [2.45, 2.75) is 26.9 Å². The number of H-pyrrole nitrogens is 1. The molecule has 0 atom stereocenters. The van der Waals surface area contributed by atoms with Gasteiger partial charge in [0.25, 0.3) is 5.56 Å². The van der Waals surface area contributed by atoms with Crippen molar-refractivity contribution in [3.05, 3.63) is 62.3 Å². The van der Waals surface area contributed by atoms with Gasteiger partial charge in [-0.3, -0.25) is 13.9 Å². The maximum atomic E-state index is 13.2. The zero-order chi connectivity index (χ0) is 17.3. The lowest BCUT2D eigenvalue weighted by atomic mass is 10.2. The maximum absolute atomic E-state index is 13.2. The SMILES string of the molecule is CCn1c(=O)c2[nH]c(C=Cc3cccc(F)c3)nc2n(CC)c1=O. The predicted molar refractivity (Wildman–Crippen MR) is 91.3 cm³/mol. The van der Waals surface area contributed by atoms with Crippen LogP contribution in [0.4, 0.5) is 4.39 Å². The Balaban J connectivity index is 2.13. The Morgan fingerprint density at radius 2 is 1.92 bits per heavy atom.